The minimum absolute atomic E-state index is 0.699. The average molecular weight is 342 g/mol. The molecule has 0 spiro atoms. The molecule has 0 N–H and O–H groups in total. The van der Waals surface area contributed by atoms with Crippen molar-refractivity contribution in [2.24, 2.45) is 0 Å². The van der Waals surface area contributed by atoms with Gasteiger partial charge in [0.25, 0.3) is 0 Å². The lowest BCUT2D eigenvalue weighted by molar-refractivity contribution is 0.0840. The molecular weight excluding hydrogens is 312 g/mol. The molecule has 2 aromatic rings. The van der Waals surface area contributed by atoms with Crippen LogP contribution in [0.5, 0.6) is 0 Å². The van der Waals surface area contributed by atoms with Gasteiger partial charge in [0.1, 0.15) is 0 Å². The van der Waals surface area contributed by atoms with Crippen molar-refractivity contribution in [2.75, 3.05) is 26.4 Å². The molecule has 136 valence electrons. The lowest BCUT2D eigenvalue weighted by Gasteiger charge is -2.06. The molecule has 0 aliphatic rings. The highest BCUT2D eigenvalue weighted by atomic mass is 16.5. The molecule has 0 aliphatic carbocycles. The fraction of sp³-hybridized carbons (Fsp3) is 0.455. The second-order valence-corrected chi connectivity index (χ2v) is 6.10. The third kappa shape index (κ3) is 10.0. The Labute approximate surface area is 151 Å². The maximum absolute atomic E-state index is 5.66. The van der Waals surface area contributed by atoms with Gasteiger partial charge in [-0.3, -0.25) is 0 Å². The highest BCUT2D eigenvalue weighted by molar-refractivity contribution is 5.14. The summed E-state index contributed by atoms with van der Waals surface area (Å²) in [6.45, 7) is 4.63. The molecule has 0 amide bonds. The van der Waals surface area contributed by atoms with Crippen LogP contribution < -0.4 is 0 Å². The average Bonchev–Trinajstić information content (AvgIpc) is 2.67. The van der Waals surface area contributed by atoms with Crippen molar-refractivity contribution >= 4 is 0 Å². The van der Waals surface area contributed by atoms with Crippen molar-refractivity contribution < 1.29 is 14.2 Å². The Kier molecular flexibility index (Phi) is 10.7. The molecule has 2 aromatic carbocycles. The number of ether oxygens (including phenoxy) is 3. The van der Waals surface area contributed by atoms with Crippen LogP contribution in [-0.4, -0.2) is 26.4 Å². The minimum Gasteiger partial charge on any atom is -0.381 e. The number of hydrogen-bond acceptors (Lipinski definition) is 3. The van der Waals surface area contributed by atoms with E-state index in [9.17, 15) is 0 Å². The van der Waals surface area contributed by atoms with Crippen molar-refractivity contribution in [1.82, 2.24) is 0 Å². The van der Waals surface area contributed by atoms with Gasteiger partial charge in [0, 0.05) is 26.4 Å². The monoisotopic (exact) mass is 342 g/mol. The number of hydrogen-bond donors (Lipinski definition) is 0. The molecule has 25 heavy (non-hydrogen) atoms. The van der Waals surface area contributed by atoms with E-state index in [0.717, 1.165) is 52.1 Å². The molecule has 2 rings (SSSR count). The van der Waals surface area contributed by atoms with Crippen molar-refractivity contribution in [3.63, 3.8) is 0 Å². The predicted octanol–water partition coefficient (Wildman–Crippen LogP) is 5.00. The van der Waals surface area contributed by atoms with Gasteiger partial charge >= 0.3 is 0 Å². The summed E-state index contributed by atoms with van der Waals surface area (Å²) >= 11 is 0. The molecule has 0 fully saturated rings. The van der Waals surface area contributed by atoms with Crippen LogP contribution in [0, 0.1) is 0 Å². The maximum atomic E-state index is 5.66. The van der Waals surface area contributed by atoms with E-state index < -0.39 is 0 Å². The van der Waals surface area contributed by atoms with Gasteiger partial charge in [-0.25, -0.2) is 0 Å². The van der Waals surface area contributed by atoms with E-state index in [1.165, 1.54) is 11.1 Å². The van der Waals surface area contributed by atoms with Gasteiger partial charge in [0.05, 0.1) is 13.2 Å². The van der Waals surface area contributed by atoms with Crippen LogP contribution in [0.2, 0.25) is 0 Å². The lowest BCUT2D eigenvalue weighted by Crippen LogP contribution is -2.02. The molecule has 0 atom stereocenters. The number of unbranched alkanes of at least 4 members (excludes halogenated alkanes) is 2. The zero-order valence-corrected chi connectivity index (χ0v) is 15.1. The summed E-state index contributed by atoms with van der Waals surface area (Å²) in [6.07, 6.45) is 4.21. The van der Waals surface area contributed by atoms with Gasteiger partial charge in [0.2, 0.25) is 0 Å². The fourth-order valence-electron chi connectivity index (χ4n) is 2.45. The summed E-state index contributed by atoms with van der Waals surface area (Å²) in [5, 5.41) is 0. The van der Waals surface area contributed by atoms with Crippen molar-refractivity contribution in [2.45, 2.75) is 38.9 Å². The van der Waals surface area contributed by atoms with Crippen LogP contribution in [0.3, 0.4) is 0 Å². The van der Waals surface area contributed by atoms with Crippen molar-refractivity contribution in [3.05, 3.63) is 71.8 Å². The van der Waals surface area contributed by atoms with E-state index in [0.29, 0.717) is 13.2 Å². The first-order valence-electron chi connectivity index (χ1n) is 9.26. The topological polar surface area (TPSA) is 27.7 Å². The van der Waals surface area contributed by atoms with Crippen LogP contribution in [-0.2, 0) is 27.4 Å². The summed E-state index contributed by atoms with van der Waals surface area (Å²) in [5.74, 6) is 0. The molecule has 0 aromatic heterocycles. The molecule has 0 saturated carbocycles. The lowest BCUT2D eigenvalue weighted by atomic mass is 10.2. The van der Waals surface area contributed by atoms with E-state index in [-0.39, 0.29) is 0 Å². The minimum atomic E-state index is 0.699. The standard InChI is InChI=1S/C22H30O3/c1-3-11-21(12-4-1)19-24-17-9-7-15-23-16-8-10-18-25-20-22-13-5-2-6-14-22/h1-6,11-14H,7-10,15-20H2. The Morgan fingerprint density at radius 1 is 0.440 bits per heavy atom. The van der Waals surface area contributed by atoms with Gasteiger partial charge in [0.15, 0.2) is 0 Å². The third-order valence-electron chi connectivity index (χ3n) is 3.88. The number of rotatable bonds is 14. The highest BCUT2D eigenvalue weighted by Gasteiger charge is 1.95. The molecule has 0 heterocycles. The first-order chi connectivity index (χ1) is 12.4. The van der Waals surface area contributed by atoms with Gasteiger partial charge in [-0.1, -0.05) is 60.7 Å². The Morgan fingerprint density at radius 3 is 1.20 bits per heavy atom. The molecule has 0 bridgehead atoms. The van der Waals surface area contributed by atoms with E-state index in [4.69, 9.17) is 14.2 Å². The van der Waals surface area contributed by atoms with Crippen molar-refractivity contribution in [1.29, 1.82) is 0 Å². The second kappa shape index (κ2) is 13.6. The van der Waals surface area contributed by atoms with E-state index in [2.05, 4.69) is 24.3 Å². The van der Waals surface area contributed by atoms with Crippen LogP contribution in [0.4, 0.5) is 0 Å². The summed E-state index contributed by atoms with van der Waals surface area (Å²) in [5.41, 5.74) is 2.46. The van der Waals surface area contributed by atoms with E-state index in [1.807, 2.05) is 36.4 Å². The SMILES string of the molecule is c1ccc(COCCCCOCCCCOCc2ccccc2)cc1. The third-order valence-corrected chi connectivity index (χ3v) is 3.88. The Balaban J connectivity index is 1.30. The Hall–Kier alpha value is -1.68. The quantitative estimate of drug-likeness (QED) is 0.452. The van der Waals surface area contributed by atoms with Crippen LogP contribution >= 0.6 is 0 Å². The van der Waals surface area contributed by atoms with Crippen LogP contribution in [0.25, 0.3) is 0 Å². The highest BCUT2D eigenvalue weighted by Crippen LogP contribution is 2.03. The fourth-order valence-corrected chi connectivity index (χ4v) is 2.45. The zero-order chi connectivity index (χ0) is 17.4. The molecule has 0 unspecified atom stereocenters. The van der Waals surface area contributed by atoms with Crippen LogP contribution in [0.15, 0.2) is 60.7 Å². The van der Waals surface area contributed by atoms with Gasteiger partial charge in [-0.05, 0) is 36.8 Å². The van der Waals surface area contributed by atoms with E-state index in [1.54, 1.807) is 0 Å². The van der Waals surface area contributed by atoms with Crippen LogP contribution in [0.1, 0.15) is 36.8 Å². The first kappa shape index (κ1) is 19.6. The first-order valence-corrected chi connectivity index (χ1v) is 9.26. The van der Waals surface area contributed by atoms with E-state index >= 15 is 0 Å². The zero-order valence-electron chi connectivity index (χ0n) is 15.1. The Morgan fingerprint density at radius 2 is 0.800 bits per heavy atom. The number of benzene rings is 2. The largest absolute Gasteiger partial charge is 0.381 e. The van der Waals surface area contributed by atoms with Gasteiger partial charge in [-0.15, -0.1) is 0 Å². The molecular formula is C22H30O3. The molecule has 3 heteroatoms. The second-order valence-electron chi connectivity index (χ2n) is 6.10. The normalized spacial score (nSPS) is 10.9. The van der Waals surface area contributed by atoms with Gasteiger partial charge in [-0.2, -0.15) is 0 Å². The van der Waals surface area contributed by atoms with Gasteiger partial charge < -0.3 is 14.2 Å². The summed E-state index contributed by atoms with van der Waals surface area (Å²) < 4.78 is 17.0. The summed E-state index contributed by atoms with van der Waals surface area (Å²) in [4.78, 5) is 0. The smallest absolute Gasteiger partial charge is 0.0716 e. The van der Waals surface area contributed by atoms with Crippen molar-refractivity contribution in [3.8, 4) is 0 Å². The summed E-state index contributed by atoms with van der Waals surface area (Å²) in [7, 11) is 0. The molecule has 0 radical (unpaired) electrons. The molecule has 0 aliphatic heterocycles. The summed E-state index contributed by atoms with van der Waals surface area (Å²) in [6, 6.07) is 20.6. The Bertz CT molecular complexity index is 478. The molecule has 3 nitrogen and oxygen atoms in total. The molecule has 0 saturated heterocycles. The maximum Gasteiger partial charge on any atom is 0.0716 e. The predicted molar refractivity (Wildman–Crippen MR) is 101 cm³/mol.